The van der Waals surface area contributed by atoms with E-state index in [9.17, 15) is 0 Å². The molecule has 3 rings (SSSR count). The zero-order chi connectivity index (χ0) is 13.1. The third kappa shape index (κ3) is 2.65. The number of benzene rings is 2. The van der Waals surface area contributed by atoms with E-state index in [2.05, 4.69) is 54.7 Å². The molecule has 1 aliphatic rings. The Labute approximate surface area is 115 Å². The third-order valence-electron chi connectivity index (χ3n) is 3.92. The lowest BCUT2D eigenvalue weighted by molar-refractivity contribution is 0.795. The maximum absolute atomic E-state index is 3.41. The highest BCUT2D eigenvalue weighted by Gasteiger charge is 2.10. The summed E-state index contributed by atoms with van der Waals surface area (Å²) >= 11 is 0. The Hall–Kier alpha value is -1.76. The maximum Gasteiger partial charge on any atom is 0.0373 e. The molecule has 0 amide bonds. The summed E-state index contributed by atoms with van der Waals surface area (Å²) < 4.78 is 0. The van der Waals surface area contributed by atoms with Gasteiger partial charge in [0, 0.05) is 12.2 Å². The topological polar surface area (TPSA) is 12.0 Å². The van der Waals surface area contributed by atoms with Gasteiger partial charge in [0.05, 0.1) is 0 Å². The summed E-state index contributed by atoms with van der Waals surface area (Å²) in [6, 6.07) is 15.8. The van der Waals surface area contributed by atoms with Crippen molar-refractivity contribution in [2.24, 2.45) is 0 Å². The van der Waals surface area contributed by atoms with E-state index in [0.29, 0.717) is 0 Å². The molecule has 1 N–H and O–H groups in total. The fourth-order valence-corrected chi connectivity index (χ4v) is 2.73. The SMILES string of the molecule is CCCCc1ccc(-c2ccc3c(c2)CCN3)cc1. The van der Waals surface area contributed by atoms with Crippen molar-refractivity contribution in [2.45, 2.75) is 32.6 Å². The van der Waals surface area contributed by atoms with Crippen LogP contribution >= 0.6 is 0 Å². The van der Waals surface area contributed by atoms with Gasteiger partial charge in [-0.3, -0.25) is 0 Å². The van der Waals surface area contributed by atoms with Gasteiger partial charge in [-0.2, -0.15) is 0 Å². The lowest BCUT2D eigenvalue weighted by Gasteiger charge is -2.06. The van der Waals surface area contributed by atoms with Crippen molar-refractivity contribution >= 4 is 5.69 Å². The van der Waals surface area contributed by atoms with E-state index in [1.54, 1.807) is 0 Å². The third-order valence-corrected chi connectivity index (χ3v) is 3.92. The van der Waals surface area contributed by atoms with Gasteiger partial charge in [-0.25, -0.2) is 0 Å². The van der Waals surface area contributed by atoms with Crippen molar-refractivity contribution in [1.82, 2.24) is 0 Å². The number of anilines is 1. The first-order valence-corrected chi connectivity index (χ1v) is 7.33. The first-order chi connectivity index (χ1) is 9.36. The predicted molar refractivity (Wildman–Crippen MR) is 82.7 cm³/mol. The average Bonchev–Trinajstić information content (AvgIpc) is 2.93. The second-order valence-electron chi connectivity index (χ2n) is 5.35. The summed E-state index contributed by atoms with van der Waals surface area (Å²) in [5.74, 6) is 0. The molecule has 0 aromatic heterocycles. The van der Waals surface area contributed by atoms with Crippen LogP contribution in [0.3, 0.4) is 0 Å². The standard InChI is InChI=1S/C18H21N/c1-2-3-4-14-5-7-15(8-6-14)16-9-10-18-17(13-16)11-12-19-18/h5-10,13,19H,2-4,11-12H2,1H3. The number of nitrogens with one attached hydrogen (secondary N) is 1. The van der Waals surface area contributed by atoms with E-state index >= 15 is 0 Å². The number of fused-ring (bicyclic) bond motifs is 1. The van der Waals surface area contributed by atoms with Crippen LogP contribution in [0.1, 0.15) is 30.9 Å². The molecule has 0 aliphatic carbocycles. The molecule has 2 aromatic carbocycles. The maximum atomic E-state index is 3.41. The minimum absolute atomic E-state index is 1.08. The summed E-state index contributed by atoms with van der Waals surface area (Å²) in [4.78, 5) is 0. The van der Waals surface area contributed by atoms with Gasteiger partial charge in [-0.1, -0.05) is 43.7 Å². The first-order valence-electron chi connectivity index (χ1n) is 7.33. The van der Waals surface area contributed by atoms with Crippen LogP contribution in [0.2, 0.25) is 0 Å². The van der Waals surface area contributed by atoms with Crippen LogP contribution in [0.15, 0.2) is 42.5 Å². The van der Waals surface area contributed by atoms with Crippen LogP contribution in [-0.2, 0) is 12.8 Å². The smallest absolute Gasteiger partial charge is 0.0373 e. The van der Waals surface area contributed by atoms with Crippen LogP contribution in [-0.4, -0.2) is 6.54 Å². The van der Waals surface area contributed by atoms with Gasteiger partial charge in [0.15, 0.2) is 0 Å². The van der Waals surface area contributed by atoms with Crippen molar-refractivity contribution in [1.29, 1.82) is 0 Å². The molecule has 0 unspecified atom stereocenters. The Balaban J connectivity index is 1.82. The molecule has 2 aromatic rings. The second-order valence-corrected chi connectivity index (χ2v) is 5.35. The molecule has 1 aliphatic heterocycles. The van der Waals surface area contributed by atoms with Gasteiger partial charge in [-0.15, -0.1) is 0 Å². The van der Waals surface area contributed by atoms with Crippen LogP contribution in [0.25, 0.3) is 11.1 Å². The van der Waals surface area contributed by atoms with Gasteiger partial charge in [0.25, 0.3) is 0 Å². The number of rotatable bonds is 4. The molecule has 1 heteroatoms. The molecule has 19 heavy (non-hydrogen) atoms. The van der Waals surface area contributed by atoms with E-state index in [1.807, 2.05) is 0 Å². The molecule has 0 saturated heterocycles. The van der Waals surface area contributed by atoms with E-state index in [4.69, 9.17) is 0 Å². The zero-order valence-electron chi connectivity index (χ0n) is 11.6. The predicted octanol–water partition coefficient (Wildman–Crippen LogP) is 4.66. The van der Waals surface area contributed by atoms with E-state index in [0.717, 1.165) is 13.0 Å². The molecule has 0 bridgehead atoms. The molecule has 1 nitrogen and oxygen atoms in total. The summed E-state index contributed by atoms with van der Waals surface area (Å²) in [6.07, 6.45) is 4.89. The zero-order valence-corrected chi connectivity index (χ0v) is 11.6. The summed E-state index contributed by atoms with van der Waals surface area (Å²) in [7, 11) is 0. The van der Waals surface area contributed by atoms with E-state index in [1.165, 1.54) is 47.2 Å². The largest absolute Gasteiger partial charge is 0.384 e. The minimum Gasteiger partial charge on any atom is -0.384 e. The number of hydrogen-bond donors (Lipinski definition) is 1. The van der Waals surface area contributed by atoms with Crippen LogP contribution in [0.5, 0.6) is 0 Å². The lowest BCUT2D eigenvalue weighted by atomic mass is 9.99. The highest BCUT2D eigenvalue weighted by Crippen LogP contribution is 2.28. The minimum atomic E-state index is 1.08. The fourth-order valence-electron chi connectivity index (χ4n) is 2.73. The van der Waals surface area contributed by atoms with Crippen LogP contribution < -0.4 is 5.32 Å². The van der Waals surface area contributed by atoms with Crippen molar-refractivity contribution in [2.75, 3.05) is 11.9 Å². The Morgan fingerprint density at radius 1 is 1.00 bits per heavy atom. The summed E-state index contributed by atoms with van der Waals surface area (Å²) in [5.41, 5.74) is 6.88. The number of hydrogen-bond acceptors (Lipinski definition) is 1. The van der Waals surface area contributed by atoms with Gasteiger partial charge in [0.1, 0.15) is 0 Å². The van der Waals surface area contributed by atoms with Gasteiger partial charge in [-0.05, 0) is 53.6 Å². The number of aryl methyl sites for hydroxylation is 1. The first kappa shape index (κ1) is 12.3. The Bertz CT molecular complexity index is 554. The average molecular weight is 251 g/mol. The molecule has 98 valence electrons. The Kier molecular flexibility index (Phi) is 3.54. The number of unbranched alkanes of at least 4 members (excludes halogenated alkanes) is 1. The summed E-state index contributed by atoms with van der Waals surface area (Å²) in [5, 5.41) is 3.41. The highest BCUT2D eigenvalue weighted by molar-refractivity contribution is 5.70. The molecule has 0 saturated carbocycles. The normalized spacial score (nSPS) is 13.1. The van der Waals surface area contributed by atoms with Gasteiger partial charge in [0.2, 0.25) is 0 Å². The molecule has 1 heterocycles. The van der Waals surface area contributed by atoms with Gasteiger partial charge >= 0.3 is 0 Å². The van der Waals surface area contributed by atoms with Crippen molar-refractivity contribution in [3.05, 3.63) is 53.6 Å². The molecular formula is C18H21N. The molecule has 0 radical (unpaired) electrons. The second kappa shape index (κ2) is 5.48. The summed E-state index contributed by atoms with van der Waals surface area (Å²) in [6.45, 7) is 3.32. The van der Waals surface area contributed by atoms with Crippen molar-refractivity contribution < 1.29 is 0 Å². The fraction of sp³-hybridized carbons (Fsp3) is 0.333. The molecule has 0 atom stereocenters. The van der Waals surface area contributed by atoms with E-state index in [-0.39, 0.29) is 0 Å². The highest BCUT2D eigenvalue weighted by atomic mass is 14.9. The monoisotopic (exact) mass is 251 g/mol. The lowest BCUT2D eigenvalue weighted by Crippen LogP contribution is -1.90. The van der Waals surface area contributed by atoms with Crippen LogP contribution in [0.4, 0.5) is 5.69 Å². The Morgan fingerprint density at radius 2 is 1.79 bits per heavy atom. The Morgan fingerprint density at radius 3 is 2.58 bits per heavy atom. The van der Waals surface area contributed by atoms with E-state index < -0.39 is 0 Å². The quantitative estimate of drug-likeness (QED) is 0.833. The van der Waals surface area contributed by atoms with Crippen LogP contribution in [0, 0.1) is 0 Å². The van der Waals surface area contributed by atoms with Crippen molar-refractivity contribution in [3.8, 4) is 11.1 Å². The van der Waals surface area contributed by atoms with Crippen molar-refractivity contribution in [3.63, 3.8) is 0 Å². The molecule has 0 fully saturated rings. The molecular weight excluding hydrogens is 230 g/mol. The molecule has 0 spiro atoms. The van der Waals surface area contributed by atoms with Gasteiger partial charge < -0.3 is 5.32 Å².